The minimum absolute atomic E-state index is 0.227. The molecule has 1 fully saturated rings. The molecule has 1 N–H and O–H groups in total. The molecule has 0 aromatic rings. The van der Waals surface area contributed by atoms with Gasteiger partial charge in [0.2, 0.25) is 5.79 Å². The van der Waals surface area contributed by atoms with Crippen molar-refractivity contribution in [2.45, 2.75) is 45.5 Å². The highest BCUT2D eigenvalue weighted by Crippen LogP contribution is 2.35. The van der Waals surface area contributed by atoms with Gasteiger partial charge in [-0.3, -0.25) is 4.79 Å². The molecule has 1 rings (SSSR count). The maximum Gasteiger partial charge on any atom is 0.315 e. The molecule has 2 unspecified atom stereocenters. The second-order valence-corrected chi connectivity index (χ2v) is 4.63. The summed E-state index contributed by atoms with van der Waals surface area (Å²) < 4.78 is 10.0. The summed E-state index contributed by atoms with van der Waals surface area (Å²) in [6, 6.07) is 0. The number of aliphatic hydroxyl groups is 1. The molecule has 1 aliphatic rings. The fourth-order valence-electron chi connectivity index (χ4n) is 1.32. The first-order valence-electron chi connectivity index (χ1n) is 4.88. The topological polar surface area (TPSA) is 59.1 Å². The van der Waals surface area contributed by atoms with E-state index >= 15 is 0 Å². The van der Waals surface area contributed by atoms with Crippen LogP contribution in [0.15, 0.2) is 0 Å². The zero-order valence-corrected chi connectivity index (χ0v) is 9.16. The molecule has 82 valence electrons. The normalized spacial score (nSPS) is 28.4. The van der Waals surface area contributed by atoms with Crippen LogP contribution in [0, 0.1) is 5.92 Å². The van der Waals surface area contributed by atoms with Gasteiger partial charge in [0.05, 0.1) is 0 Å². The number of hydrogen-bond acceptors (Lipinski definition) is 4. The molecule has 1 saturated heterocycles. The fraction of sp³-hybridized carbons (Fsp3) is 0.900. The monoisotopic (exact) mass is 202 g/mol. The first kappa shape index (κ1) is 11.5. The summed E-state index contributed by atoms with van der Waals surface area (Å²) in [7, 11) is 0. The largest absolute Gasteiger partial charge is 0.460 e. The first-order chi connectivity index (χ1) is 6.28. The summed E-state index contributed by atoms with van der Waals surface area (Å²) in [5, 5.41) is 9.63. The number of epoxide rings is 1. The molecule has 0 amide bonds. The van der Waals surface area contributed by atoms with E-state index in [1.807, 2.05) is 6.92 Å². The quantitative estimate of drug-likeness (QED) is 0.549. The Morgan fingerprint density at radius 1 is 1.64 bits per heavy atom. The van der Waals surface area contributed by atoms with E-state index < -0.39 is 17.3 Å². The summed E-state index contributed by atoms with van der Waals surface area (Å²) in [6.45, 7) is 7.46. The molecule has 0 aromatic carbocycles. The van der Waals surface area contributed by atoms with E-state index in [4.69, 9.17) is 9.47 Å². The molecule has 0 saturated carbocycles. The molecule has 1 aliphatic heterocycles. The van der Waals surface area contributed by atoms with Gasteiger partial charge in [-0.2, -0.15) is 0 Å². The van der Waals surface area contributed by atoms with Crippen molar-refractivity contribution in [3.8, 4) is 0 Å². The molecule has 4 nitrogen and oxygen atoms in total. The van der Waals surface area contributed by atoms with E-state index in [0.717, 1.165) is 0 Å². The van der Waals surface area contributed by atoms with Crippen molar-refractivity contribution in [1.29, 1.82) is 0 Å². The Kier molecular flexibility index (Phi) is 2.88. The summed E-state index contributed by atoms with van der Waals surface area (Å²) >= 11 is 0. The predicted molar refractivity (Wildman–Crippen MR) is 50.5 cm³/mol. The van der Waals surface area contributed by atoms with Crippen LogP contribution in [-0.2, 0) is 14.3 Å². The van der Waals surface area contributed by atoms with Crippen LogP contribution in [-0.4, -0.2) is 29.1 Å². The van der Waals surface area contributed by atoms with Gasteiger partial charge in [-0.1, -0.05) is 6.92 Å². The van der Waals surface area contributed by atoms with Crippen molar-refractivity contribution in [1.82, 2.24) is 0 Å². The standard InChI is InChI=1S/C10H18O4/c1-5-7(10(12)6-13-10)8(11)14-9(2,3)4/h7,12H,5-6H2,1-4H3. The van der Waals surface area contributed by atoms with Crippen LogP contribution in [0.2, 0.25) is 0 Å². The lowest BCUT2D eigenvalue weighted by molar-refractivity contribution is -0.169. The summed E-state index contributed by atoms with van der Waals surface area (Å²) in [4.78, 5) is 11.6. The van der Waals surface area contributed by atoms with Gasteiger partial charge in [0.25, 0.3) is 0 Å². The summed E-state index contributed by atoms with van der Waals surface area (Å²) in [5.41, 5.74) is -0.518. The van der Waals surface area contributed by atoms with Crippen LogP contribution in [0.4, 0.5) is 0 Å². The zero-order chi connectivity index (χ0) is 11.0. The molecule has 0 aromatic heterocycles. The van der Waals surface area contributed by atoms with Gasteiger partial charge in [0, 0.05) is 0 Å². The number of ether oxygens (including phenoxy) is 2. The molecular weight excluding hydrogens is 184 g/mol. The van der Waals surface area contributed by atoms with Gasteiger partial charge in [-0.15, -0.1) is 0 Å². The van der Waals surface area contributed by atoms with Gasteiger partial charge in [0.1, 0.15) is 18.1 Å². The second-order valence-electron chi connectivity index (χ2n) is 4.63. The van der Waals surface area contributed by atoms with Gasteiger partial charge in [-0.05, 0) is 27.2 Å². The number of esters is 1. The van der Waals surface area contributed by atoms with E-state index in [-0.39, 0.29) is 12.6 Å². The molecule has 0 bridgehead atoms. The van der Waals surface area contributed by atoms with E-state index in [9.17, 15) is 9.90 Å². The van der Waals surface area contributed by atoms with E-state index in [1.54, 1.807) is 20.8 Å². The lowest BCUT2D eigenvalue weighted by Gasteiger charge is -2.24. The average Bonchev–Trinajstić information content (AvgIpc) is 2.65. The predicted octanol–water partition coefficient (Wildman–Crippen LogP) is 1.07. The SMILES string of the molecule is CCC(C(=O)OC(C)(C)C)C1(O)CO1. The van der Waals surface area contributed by atoms with Gasteiger partial charge in [-0.25, -0.2) is 0 Å². The zero-order valence-electron chi connectivity index (χ0n) is 9.16. The molecule has 0 aliphatic carbocycles. The Bertz CT molecular complexity index is 225. The number of rotatable bonds is 3. The van der Waals surface area contributed by atoms with Crippen LogP contribution in [0.1, 0.15) is 34.1 Å². The summed E-state index contributed by atoms with van der Waals surface area (Å²) in [5.74, 6) is -2.22. The van der Waals surface area contributed by atoms with Crippen LogP contribution in [0.3, 0.4) is 0 Å². The van der Waals surface area contributed by atoms with Crippen molar-refractivity contribution in [2.24, 2.45) is 5.92 Å². The Morgan fingerprint density at radius 3 is 2.43 bits per heavy atom. The summed E-state index contributed by atoms with van der Waals surface area (Å²) in [6.07, 6.45) is 0.519. The highest BCUT2D eigenvalue weighted by molar-refractivity contribution is 5.74. The average molecular weight is 202 g/mol. The maximum atomic E-state index is 11.6. The molecule has 14 heavy (non-hydrogen) atoms. The third-order valence-electron chi connectivity index (χ3n) is 2.08. The van der Waals surface area contributed by atoms with E-state index in [0.29, 0.717) is 6.42 Å². The smallest absolute Gasteiger partial charge is 0.315 e. The van der Waals surface area contributed by atoms with Gasteiger partial charge >= 0.3 is 5.97 Å². The van der Waals surface area contributed by atoms with E-state index in [1.165, 1.54) is 0 Å². The van der Waals surface area contributed by atoms with Crippen molar-refractivity contribution in [2.75, 3.05) is 6.61 Å². The van der Waals surface area contributed by atoms with Crippen molar-refractivity contribution >= 4 is 5.97 Å². The molecule has 0 spiro atoms. The number of hydrogen-bond donors (Lipinski definition) is 1. The third-order valence-corrected chi connectivity index (χ3v) is 2.08. The highest BCUT2D eigenvalue weighted by Gasteiger charge is 2.53. The van der Waals surface area contributed by atoms with E-state index in [2.05, 4.69) is 0 Å². The molecule has 2 atom stereocenters. The Hall–Kier alpha value is -0.610. The van der Waals surface area contributed by atoms with Crippen LogP contribution < -0.4 is 0 Å². The van der Waals surface area contributed by atoms with Crippen LogP contribution in [0.25, 0.3) is 0 Å². The van der Waals surface area contributed by atoms with Crippen LogP contribution >= 0.6 is 0 Å². The number of carbonyl (C=O) groups excluding carboxylic acids is 1. The second kappa shape index (κ2) is 3.51. The lowest BCUT2D eigenvalue weighted by atomic mass is 10.00. The van der Waals surface area contributed by atoms with Crippen molar-refractivity contribution < 1.29 is 19.4 Å². The van der Waals surface area contributed by atoms with Crippen molar-refractivity contribution in [3.05, 3.63) is 0 Å². The third kappa shape index (κ3) is 2.69. The molecular formula is C10H18O4. The Balaban J connectivity index is 2.58. The van der Waals surface area contributed by atoms with Crippen LogP contribution in [0.5, 0.6) is 0 Å². The van der Waals surface area contributed by atoms with Gasteiger partial charge < -0.3 is 14.6 Å². The lowest BCUT2D eigenvalue weighted by Crippen LogP contribution is -2.36. The fourth-order valence-corrected chi connectivity index (χ4v) is 1.32. The Labute approximate surface area is 84.2 Å². The highest BCUT2D eigenvalue weighted by atomic mass is 16.7. The molecule has 1 heterocycles. The van der Waals surface area contributed by atoms with Crippen molar-refractivity contribution in [3.63, 3.8) is 0 Å². The Morgan fingerprint density at radius 2 is 2.14 bits per heavy atom. The first-order valence-corrected chi connectivity index (χ1v) is 4.88. The maximum absolute atomic E-state index is 11.6. The molecule has 4 heteroatoms. The minimum Gasteiger partial charge on any atom is -0.460 e. The molecule has 0 radical (unpaired) electrons. The minimum atomic E-state index is -1.27. The van der Waals surface area contributed by atoms with Gasteiger partial charge in [0.15, 0.2) is 0 Å². The number of carbonyl (C=O) groups is 1.